The summed E-state index contributed by atoms with van der Waals surface area (Å²) >= 11 is 0. The number of rotatable bonds is 8. The van der Waals surface area contributed by atoms with Crippen molar-refractivity contribution in [2.24, 2.45) is 0 Å². The highest BCUT2D eigenvalue weighted by Gasteiger charge is 2.51. The van der Waals surface area contributed by atoms with Gasteiger partial charge in [-0.15, -0.1) is 0 Å². The summed E-state index contributed by atoms with van der Waals surface area (Å²) in [6, 6.07) is 6.34. The Kier molecular flexibility index (Phi) is 5.09. The summed E-state index contributed by atoms with van der Waals surface area (Å²) < 4.78 is 18.2. The van der Waals surface area contributed by atoms with Crippen molar-refractivity contribution in [3.8, 4) is 0 Å². The first-order chi connectivity index (χ1) is 9.69. The minimum absolute atomic E-state index is 0.00311. The van der Waals surface area contributed by atoms with Crippen molar-refractivity contribution in [3.05, 3.63) is 35.6 Å². The minimum Gasteiger partial charge on any atom is -0.383 e. The molecule has 1 aliphatic rings. The molecular formula is C15H21FN2O2. The Balaban J connectivity index is 1.80. The standard InChI is InChI=1S/C15H21FN2O2/c1-20-10-9-17-7-8-18-14(19)15(5-6-15)12-3-2-4-13(16)11-12/h2-4,11,17H,5-10H2,1H3,(H,18,19). The van der Waals surface area contributed by atoms with Crippen LogP contribution in [0, 0.1) is 5.82 Å². The minimum atomic E-state index is -0.505. The molecule has 0 saturated heterocycles. The second-order valence-electron chi connectivity index (χ2n) is 5.09. The fourth-order valence-corrected chi connectivity index (χ4v) is 2.29. The number of hydrogen-bond donors (Lipinski definition) is 2. The van der Waals surface area contributed by atoms with E-state index >= 15 is 0 Å². The highest BCUT2D eigenvalue weighted by Crippen LogP contribution is 2.48. The molecule has 1 amide bonds. The van der Waals surface area contributed by atoms with Crippen LogP contribution in [0.5, 0.6) is 0 Å². The van der Waals surface area contributed by atoms with Crippen molar-refractivity contribution in [2.45, 2.75) is 18.3 Å². The van der Waals surface area contributed by atoms with E-state index in [1.165, 1.54) is 12.1 Å². The summed E-state index contributed by atoms with van der Waals surface area (Å²) in [6.07, 6.45) is 1.58. The maximum Gasteiger partial charge on any atom is 0.230 e. The molecule has 110 valence electrons. The normalized spacial score (nSPS) is 15.9. The van der Waals surface area contributed by atoms with Gasteiger partial charge in [-0.2, -0.15) is 0 Å². The van der Waals surface area contributed by atoms with Crippen LogP contribution >= 0.6 is 0 Å². The van der Waals surface area contributed by atoms with Gasteiger partial charge in [0.1, 0.15) is 5.82 Å². The maximum atomic E-state index is 13.3. The highest BCUT2D eigenvalue weighted by atomic mass is 19.1. The molecule has 1 aromatic rings. The molecule has 2 N–H and O–H groups in total. The zero-order chi connectivity index (χ0) is 14.4. The summed E-state index contributed by atoms with van der Waals surface area (Å²) in [5, 5.41) is 6.08. The Morgan fingerprint density at radius 1 is 1.35 bits per heavy atom. The molecular weight excluding hydrogens is 259 g/mol. The SMILES string of the molecule is COCCNCCNC(=O)C1(c2cccc(F)c2)CC1. The lowest BCUT2D eigenvalue weighted by atomic mass is 9.95. The van der Waals surface area contributed by atoms with Gasteiger partial charge in [0, 0.05) is 26.7 Å². The summed E-state index contributed by atoms with van der Waals surface area (Å²) in [7, 11) is 1.65. The Morgan fingerprint density at radius 3 is 2.80 bits per heavy atom. The van der Waals surface area contributed by atoms with E-state index in [-0.39, 0.29) is 11.7 Å². The molecule has 0 spiro atoms. The lowest BCUT2D eigenvalue weighted by Crippen LogP contribution is -2.39. The summed E-state index contributed by atoms with van der Waals surface area (Å²) in [4.78, 5) is 12.2. The van der Waals surface area contributed by atoms with Crippen LogP contribution in [0.1, 0.15) is 18.4 Å². The van der Waals surface area contributed by atoms with Gasteiger partial charge < -0.3 is 15.4 Å². The Morgan fingerprint density at radius 2 is 2.15 bits per heavy atom. The van der Waals surface area contributed by atoms with Crippen LogP contribution in [-0.2, 0) is 14.9 Å². The average molecular weight is 280 g/mol. The fraction of sp³-hybridized carbons (Fsp3) is 0.533. The van der Waals surface area contributed by atoms with E-state index in [4.69, 9.17) is 4.74 Å². The number of carbonyl (C=O) groups excluding carboxylic acids is 1. The third-order valence-electron chi connectivity index (χ3n) is 3.63. The van der Waals surface area contributed by atoms with E-state index in [1.54, 1.807) is 13.2 Å². The van der Waals surface area contributed by atoms with Crippen molar-refractivity contribution in [3.63, 3.8) is 0 Å². The van der Waals surface area contributed by atoms with Crippen molar-refractivity contribution < 1.29 is 13.9 Å². The number of nitrogens with one attached hydrogen (secondary N) is 2. The molecule has 20 heavy (non-hydrogen) atoms. The first-order valence-corrected chi connectivity index (χ1v) is 6.93. The Labute approximate surface area is 118 Å². The third kappa shape index (κ3) is 3.55. The molecule has 0 heterocycles. The van der Waals surface area contributed by atoms with Crippen LogP contribution < -0.4 is 10.6 Å². The van der Waals surface area contributed by atoms with E-state index in [2.05, 4.69) is 10.6 Å². The van der Waals surface area contributed by atoms with Crippen molar-refractivity contribution in [1.29, 1.82) is 0 Å². The predicted octanol–water partition coefficient (Wildman–Crippen LogP) is 1.21. The molecule has 1 fully saturated rings. The number of methoxy groups -OCH3 is 1. The van der Waals surface area contributed by atoms with Crippen molar-refractivity contribution in [1.82, 2.24) is 10.6 Å². The van der Waals surface area contributed by atoms with Crippen molar-refractivity contribution >= 4 is 5.91 Å². The molecule has 0 bridgehead atoms. The number of amides is 1. The number of benzene rings is 1. The van der Waals surface area contributed by atoms with Crippen LogP contribution in [0.15, 0.2) is 24.3 Å². The second-order valence-corrected chi connectivity index (χ2v) is 5.09. The molecule has 0 aliphatic heterocycles. The lowest BCUT2D eigenvalue weighted by Gasteiger charge is -2.16. The molecule has 0 aromatic heterocycles. The van der Waals surface area contributed by atoms with Crippen LogP contribution in [0.4, 0.5) is 4.39 Å². The van der Waals surface area contributed by atoms with Gasteiger partial charge in [-0.05, 0) is 30.5 Å². The molecule has 1 saturated carbocycles. The van der Waals surface area contributed by atoms with E-state index in [0.717, 1.165) is 24.9 Å². The van der Waals surface area contributed by atoms with Crippen molar-refractivity contribution in [2.75, 3.05) is 33.4 Å². The quantitative estimate of drug-likeness (QED) is 0.704. The van der Waals surface area contributed by atoms with Crippen LogP contribution in [0.25, 0.3) is 0 Å². The van der Waals surface area contributed by atoms with E-state index in [9.17, 15) is 9.18 Å². The fourth-order valence-electron chi connectivity index (χ4n) is 2.29. The average Bonchev–Trinajstić information content (AvgIpc) is 3.24. The molecule has 1 aromatic carbocycles. The topological polar surface area (TPSA) is 50.4 Å². The van der Waals surface area contributed by atoms with Gasteiger partial charge in [-0.1, -0.05) is 12.1 Å². The number of ether oxygens (including phenoxy) is 1. The third-order valence-corrected chi connectivity index (χ3v) is 3.63. The van der Waals surface area contributed by atoms with Gasteiger partial charge in [0.25, 0.3) is 0 Å². The van der Waals surface area contributed by atoms with E-state index in [1.807, 2.05) is 6.07 Å². The molecule has 0 radical (unpaired) electrons. The monoisotopic (exact) mass is 280 g/mol. The van der Waals surface area contributed by atoms with E-state index in [0.29, 0.717) is 19.7 Å². The second kappa shape index (κ2) is 6.81. The van der Waals surface area contributed by atoms with E-state index < -0.39 is 5.41 Å². The molecule has 2 rings (SSSR count). The van der Waals surface area contributed by atoms with Gasteiger partial charge in [0.15, 0.2) is 0 Å². The van der Waals surface area contributed by atoms with Gasteiger partial charge in [0.2, 0.25) is 5.91 Å². The van der Waals surface area contributed by atoms with Crippen LogP contribution in [0.3, 0.4) is 0 Å². The molecule has 4 nitrogen and oxygen atoms in total. The van der Waals surface area contributed by atoms with Crippen LogP contribution in [-0.4, -0.2) is 39.3 Å². The van der Waals surface area contributed by atoms with Gasteiger partial charge >= 0.3 is 0 Å². The number of hydrogen-bond acceptors (Lipinski definition) is 3. The smallest absolute Gasteiger partial charge is 0.230 e. The molecule has 1 aliphatic carbocycles. The number of carbonyl (C=O) groups is 1. The predicted molar refractivity (Wildman–Crippen MR) is 75.1 cm³/mol. The molecule has 0 unspecified atom stereocenters. The molecule has 0 atom stereocenters. The first-order valence-electron chi connectivity index (χ1n) is 6.93. The Hall–Kier alpha value is -1.46. The summed E-state index contributed by atoms with van der Waals surface area (Å²) in [5.74, 6) is -0.292. The van der Waals surface area contributed by atoms with Gasteiger partial charge in [-0.25, -0.2) is 4.39 Å². The first kappa shape index (κ1) is 14.9. The summed E-state index contributed by atoms with van der Waals surface area (Å²) in [5.41, 5.74) is 0.275. The molecule has 5 heteroatoms. The van der Waals surface area contributed by atoms with Gasteiger partial charge in [0.05, 0.1) is 12.0 Å². The zero-order valence-electron chi connectivity index (χ0n) is 11.7. The summed E-state index contributed by atoms with van der Waals surface area (Å²) in [6.45, 7) is 2.69. The number of halogens is 1. The largest absolute Gasteiger partial charge is 0.383 e. The van der Waals surface area contributed by atoms with Gasteiger partial charge in [-0.3, -0.25) is 4.79 Å². The maximum absolute atomic E-state index is 13.3. The lowest BCUT2D eigenvalue weighted by molar-refractivity contribution is -0.123. The Bertz CT molecular complexity index is 461. The van der Waals surface area contributed by atoms with Crippen LogP contribution in [0.2, 0.25) is 0 Å². The zero-order valence-corrected chi connectivity index (χ0v) is 11.7. The highest BCUT2D eigenvalue weighted by molar-refractivity contribution is 5.91.